The van der Waals surface area contributed by atoms with E-state index in [9.17, 15) is 38.4 Å². The lowest BCUT2D eigenvalue weighted by atomic mass is 10.2. The molecule has 4 amide bonds. The first-order chi connectivity index (χ1) is 30.4. The van der Waals surface area contributed by atoms with Crippen molar-refractivity contribution in [3.05, 3.63) is 0 Å². The maximum atomic E-state index is 13.2. The number of hydrogen-bond donors (Lipinski definition) is 2. The Labute approximate surface area is 382 Å². The van der Waals surface area contributed by atoms with Crippen molar-refractivity contribution in [2.45, 2.75) is 92.0 Å². The number of alkyl carbamates (subject to hydrolysis) is 1. The second kappa shape index (κ2) is 28.4. The van der Waals surface area contributed by atoms with Crippen LogP contribution < -0.4 is 10.6 Å². The van der Waals surface area contributed by atoms with E-state index in [1.807, 2.05) is 19.6 Å². The lowest BCUT2D eigenvalue weighted by Gasteiger charge is -2.34. The molecule has 23 heteroatoms. The zero-order chi connectivity index (χ0) is 48.6. The lowest BCUT2D eigenvalue weighted by molar-refractivity contribution is -0.177. The molecule has 0 aromatic rings. The van der Waals surface area contributed by atoms with Crippen molar-refractivity contribution in [1.82, 2.24) is 35.3 Å². The highest BCUT2D eigenvalue weighted by molar-refractivity contribution is 6.01. The number of nitrogens with one attached hydrogen (secondary N) is 2. The zero-order valence-corrected chi connectivity index (χ0v) is 39.8. The monoisotopic (exact) mass is 932 g/mol. The average molecular weight is 932 g/mol. The van der Waals surface area contributed by atoms with Gasteiger partial charge >= 0.3 is 30.2 Å². The molecule has 372 valence electrons. The van der Waals surface area contributed by atoms with Crippen LogP contribution in [0.1, 0.15) is 75.2 Å². The molecule has 23 nitrogen and oxygen atoms in total. The summed E-state index contributed by atoms with van der Waals surface area (Å²) in [5.41, 5.74) is -2.04. The molecule has 0 atom stereocenters. The van der Waals surface area contributed by atoms with Crippen LogP contribution in [0.4, 0.5) is 9.59 Å². The van der Waals surface area contributed by atoms with Gasteiger partial charge in [-0.2, -0.15) is 0 Å². The quantitative estimate of drug-likeness (QED) is 0.0681. The SMILES string of the molecule is CC(C)(C)OC(=O)CN1CCN(CC(=O)NCCNC(=O)OCCOCCOCCOC(=O)ON2C(=O)CCC2=O)CCN(CC(=O)OC(C)(C)C)CCN(CC(=O)OC(C)(C)C)CC1. The molecule has 2 aliphatic rings. The summed E-state index contributed by atoms with van der Waals surface area (Å²) < 4.78 is 37.3. The summed E-state index contributed by atoms with van der Waals surface area (Å²) >= 11 is 0. The Balaban J connectivity index is 1.85. The molecule has 0 bridgehead atoms. The van der Waals surface area contributed by atoms with Crippen molar-refractivity contribution in [3.63, 3.8) is 0 Å². The van der Waals surface area contributed by atoms with Crippen LogP contribution >= 0.6 is 0 Å². The largest absolute Gasteiger partial charge is 0.534 e. The van der Waals surface area contributed by atoms with Crippen molar-refractivity contribution in [2.24, 2.45) is 0 Å². The minimum absolute atomic E-state index is 0.000539. The molecule has 0 aliphatic carbocycles. The number of ether oxygens (including phenoxy) is 7. The van der Waals surface area contributed by atoms with E-state index in [-0.39, 0.29) is 104 Å². The normalized spacial score (nSPS) is 16.8. The fourth-order valence-electron chi connectivity index (χ4n) is 6.01. The molecule has 0 aromatic heterocycles. The Bertz CT molecular complexity index is 1500. The predicted molar refractivity (Wildman–Crippen MR) is 231 cm³/mol. The third-order valence-corrected chi connectivity index (χ3v) is 8.78. The third-order valence-electron chi connectivity index (χ3n) is 8.78. The van der Waals surface area contributed by atoms with Gasteiger partial charge in [0.15, 0.2) is 0 Å². The second-order valence-corrected chi connectivity index (χ2v) is 18.3. The molecule has 2 heterocycles. The molecular weight excluding hydrogens is 858 g/mol. The number of carbonyl (C=O) groups is 8. The van der Waals surface area contributed by atoms with Gasteiger partial charge in [0.05, 0.1) is 52.6 Å². The van der Waals surface area contributed by atoms with Gasteiger partial charge in [-0.15, -0.1) is 0 Å². The fraction of sp³-hybridized carbons (Fsp3) is 0.810. The summed E-state index contributed by atoms with van der Waals surface area (Å²) in [6, 6.07) is 0. The van der Waals surface area contributed by atoms with E-state index >= 15 is 0 Å². The molecule has 2 aliphatic heterocycles. The highest BCUT2D eigenvalue weighted by Crippen LogP contribution is 2.13. The summed E-state index contributed by atoms with van der Waals surface area (Å²) in [7, 11) is 0. The average Bonchev–Trinajstić information content (AvgIpc) is 3.48. The topological polar surface area (TPSA) is 251 Å². The summed E-state index contributed by atoms with van der Waals surface area (Å²) in [5, 5.41) is 5.74. The van der Waals surface area contributed by atoms with Crippen molar-refractivity contribution in [2.75, 3.05) is 131 Å². The van der Waals surface area contributed by atoms with Gasteiger partial charge in [0.1, 0.15) is 30.0 Å². The van der Waals surface area contributed by atoms with E-state index in [0.29, 0.717) is 57.4 Å². The van der Waals surface area contributed by atoms with Gasteiger partial charge in [0.2, 0.25) is 5.91 Å². The smallest absolute Gasteiger partial charge is 0.459 e. The number of nitrogens with zero attached hydrogens (tertiary/aromatic N) is 5. The van der Waals surface area contributed by atoms with Crippen LogP contribution in [0.15, 0.2) is 0 Å². The predicted octanol–water partition coefficient (Wildman–Crippen LogP) is 0.326. The first-order valence-corrected chi connectivity index (χ1v) is 22.0. The molecule has 2 rings (SSSR count). The molecule has 0 radical (unpaired) electrons. The van der Waals surface area contributed by atoms with Crippen LogP contribution in [0.25, 0.3) is 0 Å². The van der Waals surface area contributed by atoms with E-state index in [0.717, 1.165) is 0 Å². The number of carbonyl (C=O) groups excluding carboxylic acids is 8. The van der Waals surface area contributed by atoms with Gasteiger partial charge in [-0.1, -0.05) is 5.06 Å². The molecule has 0 spiro atoms. The van der Waals surface area contributed by atoms with E-state index in [1.165, 1.54) is 0 Å². The Morgan fingerprint density at radius 2 is 0.815 bits per heavy atom. The standard InChI is InChI=1S/C42H73N7O16/c1-40(2,3)62-35(53)29-46-16-14-45(15-17-47(30-36(54)63-41(4,5)6)19-21-48(20-18-46)31-37(55)64-42(7,8)9)28-32(50)43-12-13-44-38(56)60-26-24-58-22-23-59-25-27-61-39(57)65-49-33(51)10-11-34(49)52/h10-31H2,1-9H3,(H,43,50)(H,44,56). The molecule has 0 aromatic carbocycles. The van der Waals surface area contributed by atoms with E-state index in [4.69, 9.17) is 33.2 Å². The molecule has 0 unspecified atom stereocenters. The Hall–Kier alpha value is -4.68. The summed E-state index contributed by atoms with van der Waals surface area (Å²) in [6.07, 6.45) is -1.96. The second-order valence-electron chi connectivity index (χ2n) is 18.3. The maximum absolute atomic E-state index is 13.2. The minimum Gasteiger partial charge on any atom is -0.459 e. The van der Waals surface area contributed by atoms with Gasteiger partial charge in [-0.05, 0) is 62.3 Å². The van der Waals surface area contributed by atoms with E-state index in [2.05, 4.69) is 15.5 Å². The molecule has 65 heavy (non-hydrogen) atoms. The first kappa shape index (κ1) is 56.4. The van der Waals surface area contributed by atoms with Crippen LogP contribution in [-0.2, 0) is 66.8 Å². The third kappa shape index (κ3) is 28.1. The van der Waals surface area contributed by atoms with E-state index < -0.39 is 52.8 Å². The Morgan fingerprint density at radius 3 is 1.20 bits per heavy atom. The van der Waals surface area contributed by atoms with Gasteiger partial charge < -0.3 is 43.8 Å². The van der Waals surface area contributed by atoms with Gasteiger partial charge in [-0.25, -0.2) is 9.59 Å². The van der Waals surface area contributed by atoms with Gasteiger partial charge in [0, 0.05) is 78.3 Å². The van der Waals surface area contributed by atoms with Gasteiger partial charge in [-0.3, -0.25) is 53.2 Å². The number of amides is 4. The van der Waals surface area contributed by atoms with Gasteiger partial charge in [0.25, 0.3) is 11.8 Å². The number of imide groups is 1. The summed E-state index contributed by atoms with van der Waals surface area (Å²) in [5.74, 6) is -2.72. The van der Waals surface area contributed by atoms with Crippen LogP contribution in [0.2, 0.25) is 0 Å². The molecule has 2 fully saturated rings. The molecule has 0 saturated carbocycles. The molecular formula is C42H73N7O16. The highest BCUT2D eigenvalue weighted by Gasteiger charge is 2.33. The molecule has 2 N–H and O–H groups in total. The Kier molecular flexibility index (Phi) is 24.6. The lowest BCUT2D eigenvalue weighted by Crippen LogP contribution is -2.50. The number of esters is 3. The molecule has 2 saturated heterocycles. The zero-order valence-electron chi connectivity index (χ0n) is 39.8. The number of hydroxylamine groups is 2. The van der Waals surface area contributed by atoms with Crippen LogP contribution in [0, 0.1) is 0 Å². The highest BCUT2D eigenvalue weighted by atomic mass is 16.8. The number of hydrogen-bond acceptors (Lipinski definition) is 20. The van der Waals surface area contributed by atoms with Crippen molar-refractivity contribution in [1.29, 1.82) is 0 Å². The van der Waals surface area contributed by atoms with Crippen LogP contribution in [0.3, 0.4) is 0 Å². The van der Waals surface area contributed by atoms with Crippen molar-refractivity contribution in [3.8, 4) is 0 Å². The fourth-order valence-corrected chi connectivity index (χ4v) is 6.01. The number of rotatable bonds is 21. The van der Waals surface area contributed by atoms with Crippen LogP contribution in [-0.4, -0.2) is 221 Å². The van der Waals surface area contributed by atoms with Crippen molar-refractivity contribution < 1.29 is 76.4 Å². The van der Waals surface area contributed by atoms with E-state index in [1.54, 1.807) is 62.3 Å². The minimum atomic E-state index is -1.20. The first-order valence-electron chi connectivity index (χ1n) is 22.0. The van der Waals surface area contributed by atoms with Crippen LogP contribution in [0.5, 0.6) is 0 Å². The summed E-state index contributed by atoms with van der Waals surface area (Å²) in [6.45, 7) is 19.8. The summed E-state index contributed by atoms with van der Waals surface area (Å²) in [4.78, 5) is 111. The maximum Gasteiger partial charge on any atom is 0.534 e. The Morgan fingerprint density at radius 1 is 0.477 bits per heavy atom. The van der Waals surface area contributed by atoms with Crippen molar-refractivity contribution >= 4 is 47.9 Å².